The molecule has 0 radical (unpaired) electrons. The van der Waals surface area contributed by atoms with Crippen LogP contribution in [0.4, 0.5) is 0 Å². The highest BCUT2D eigenvalue weighted by Crippen LogP contribution is 2.23. The summed E-state index contributed by atoms with van der Waals surface area (Å²) in [5.74, 6) is 1.69. The molecule has 1 aliphatic heterocycles. The molecule has 6 heteroatoms. The topological polar surface area (TPSA) is 47.8 Å². The smallest absolute Gasteiger partial charge is 0.191 e. The molecule has 0 aromatic carbocycles. The van der Waals surface area contributed by atoms with Crippen molar-refractivity contribution in [2.24, 2.45) is 0 Å². The van der Waals surface area contributed by atoms with E-state index in [1.807, 2.05) is 17.5 Å². The van der Waals surface area contributed by atoms with Gasteiger partial charge in [0.05, 0.1) is 10.6 Å². The molecule has 2 aromatic heterocycles. The zero-order valence-electron chi connectivity index (χ0n) is 10.5. The summed E-state index contributed by atoms with van der Waals surface area (Å²) >= 11 is 3.00. The van der Waals surface area contributed by atoms with Gasteiger partial charge in [-0.25, -0.2) is 0 Å². The minimum Gasteiger partial charge on any atom is -0.306 e. The molecular weight excluding hydrogens is 278 g/mol. The summed E-state index contributed by atoms with van der Waals surface area (Å²) in [6, 6.07) is 3.78. The first-order valence-electron chi connectivity index (χ1n) is 6.46. The molecule has 0 spiro atoms. The number of carbonyl (C=O) groups excluding carboxylic acids is 1. The van der Waals surface area contributed by atoms with Crippen molar-refractivity contribution in [1.29, 1.82) is 0 Å². The van der Waals surface area contributed by atoms with Crippen molar-refractivity contribution in [1.82, 2.24) is 14.8 Å². The van der Waals surface area contributed by atoms with Gasteiger partial charge >= 0.3 is 0 Å². The van der Waals surface area contributed by atoms with Gasteiger partial charge in [0.25, 0.3) is 0 Å². The van der Waals surface area contributed by atoms with Gasteiger partial charge in [-0.1, -0.05) is 24.2 Å². The number of thiophene rings is 1. The zero-order valence-corrected chi connectivity index (χ0v) is 12.2. The monoisotopic (exact) mass is 293 g/mol. The number of hydrogen-bond acceptors (Lipinski definition) is 5. The van der Waals surface area contributed by atoms with E-state index in [9.17, 15) is 4.79 Å². The number of aromatic nitrogens is 3. The Morgan fingerprint density at radius 2 is 2.32 bits per heavy atom. The Kier molecular flexibility index (Phi) is 3.98. The Balaban J connectivity index is 1.67. The van der Waals surface area contributed by atoms with E-state index in [1.165, 1.54) is 42.4 Å². The number of fused-ring (bicyclic) bond motifs is 1. The summed E-state index contributed by atoms with van der Waals surface area (Å²) in [6.07, 6.45) is 4.63. The first-order valence-corrected chi connectivity index (χ1v) is 8.33. The van der Waals surface area contributed by atoms with Crippen LogP contribution < -0.4 is 0 Å². The Bertz CT molecular complexity index is 562. The molecule has 19 heavy (non-hydrogen) atoms. The second kappa shape index (κ2) is 5.88. The lowest BCUT2D eigenvalue weighted by atomic mass is 10.2. The van der Waals surface area contributed by atoms with E-state index < -0.39 is 0 Å². The summed E-state index contributed by atoms with van der Waals surface area (Å²) in [6.45, 7) is 0.984. The summed E-state index contributed by atoms with van der Waals surface area (Å²) in [7, 11) is 0. The maximum atomic E-state index is 12.0. The average molecular weight is 293 g/mol. The molecule has 1 aliphatic rings. The molecule has 0 atom stereocenters. The van der Waals surface area contributed by atoms with Crippen molar-refractivity contribution in [3.63, 3.8) is 0 Å². The molecule has 0 saturated heterocycles. The third kappa shape index (κ3) is 2.90. The number of nitrogens with zero attached hydrogens (tertiary/aromatic N) is 3. The van der Waals surface area contributed by atoms with Crippen molar-refractivity contribution in [3.05, 3.63) is 28.2 Å². The van der Waals surface area contributed by atoms with E-state index >= 15 is 0 Å². The fourth-order valence-corrected chi connectivity index (χ4v) is 3.83. The Morgan fingerprint density at radius 3 is 3.16 bits per heavy atom. The standard InChI is InChI=1S/C13H15N3OS2/c17-10(11-5-4-8-18-11)9-19-13-15-14-12-6-2-1-3-7-16(12)13/h4-5,8H,1-3,6-7,9H2. The summed E-state index contributed by atoms with van der Waals surface area (Å²) in [5.41, 5.74) is 0. The van der Waals surface area contributed by atoms with Gasteiger partial charge in [-0.2, -0.15) is 0 Å². The van der Waals surface area contributed by atoms with Crippen molar-refractivity contribution < 1.29 is 4.79 Å². The molecule has 0 amide bonds. The van der Waals surface area contributed by atoms with Gasteiger partial charge in [0.15, 0.2) is 10.9 Å². The second-order valence-corrected chi connectivity index (χ2v) is 6.44. The van der Waals surface area contributed by atoms with Gasteiger partial charge in [-0.15, -0.1) is 21.5 Å². The van der Waals surface area contributed by atoms with Gasteiger partial charge in [0.2, 0.25) is 0 Å². The van der Waals surface area contributed by atoms with E-state index in [-0.39, 0.29) is 5.78 Å². The highest BCUT2D eigenvalue weighted by atomic mass is 32.2. The van der Waals surface area contributed by atoms with Crippen LogP contribution in [0.1, 0.15) is 34.8 Å². The van der Waals surface area contributed by atoms with Crippen LogP contribution in [0.3, 0.4) is 0 Å². The molecule has 0 fully saturated rings. The van der Waals surface area contributed by atoms with Crippen LogP contribution >= 0.6 is 23.1 Å². The molecule has 0 bridgehead atoms. The van der Waals surface area contributed by atoms with Crippen molar-refractivity contribution in [2.75, 3.05) is 5.75 Å². The van der Waals surface area contributed by atoms with Crippen LogP contribution in [-0.4, -0.2) is 26.3 Å². The van der Waals surface area contributed by atoms with Gasteiger partial charge in [-0.3, -0.25) is 4.79 Å². The predicted molar refractivity (Wildman–Crippen MR) is 77.0 cm³/mol. The van der Waals surface area contributed by atoms with Gasteiger partial charge in [0.1, 0.15) is 5.82 Å². The first kappa shape index (κ1) is 12.9. The zero-order chi connectivity index (χ0) is 13.1. The van der Waals surface area contributed by atoms with E-state index in [1.54, 1.807) is 0 Å². The predicted octanol–water partition coefficient (Wildman–Crippen LogP) is 3.04. The summed E-state index contributed by atoms with van der Waals surface area (Å²) in [4.78, 5) is 12.8. The van der Waals surface area contributed by atoms with Crippen LogP contribution in [0.15, 0.2) is 22.7 Å². The maximum absolute atomic E-state index is 12.0. The van der Waals surface area contributed by atoms with Gasteiger partial charge in [-0.05, 0) is 24.3 Å². The number of thioether (sulfide) groups is 1. The maximum Gasteiger partial charge on any atom is 0.191 e. The quantitative estimate of drug-likeness (QED) is 0.642. The fourth-order valence-electron chi connectivity index (χ4n) is 2.20. The third-order valence-electron chi connectivity index (χ3n) is 3.20. The molecule has 100 valence electrons. The largest absolute Gasteiger partial charge is 0.306 e. The Hall–Kier alpha value is -1.14. The number of aryl methyl sites for hydroxylation is 1. The Morgan fingerprint density at radius 1 is 1.37 bits per heavy atom. The lowest BCUT2D eigenvalue weighted by Crippen LogP contribution is -2.05. The SMILES string of the molecule is O=C(CSc1nnc2n1CCCCC2)c1cccs1. The van der Waals surface area contributed by atoms with E-state index in [0.29, 0.717) is 5.75 Å². The van der Waals surface area contributed by atoms with Crippen LogP contribution in [-0.2, 0) is 13.0 Å². The lowest BCUT2D eigenvalue weighted by Gasteiger charge is -2.05. The summed E-state index contributed by atoms with van der Waals surface area (Å²) < 4.78 is 2.18. The molecular formula is C13H15N3OS2. The highest BCUT2D eigenvalue weighted by molar-refractivity contribution is 7.99. The van der Waals surface area contributed by atoms with Crippen molar-refractivity contribution in [3.8, 4) is 0 Å². The second-order valence-electron chi connectivity index (χ2n) is 4.55. The lowest BCUT2D eigenvalue weighted by molar-refractivity contribution is 0.102. The van der Waals surface area contributed by atoms with E-state index in [2.05, 4.69) is 14.8 Å². The molecule has 3 heterocycles. The fraction of sp³-hybridized carbons (Fsp3) is 0.462. The van der Waals surface area contributed by atoms with Crippen molar-refractivity contribution in [2.45, 2.75) is 37.4 Å². The highest BCUT2D eigenvalue weighted by Gasteiger charge is 2.16. The average Bonchev–Trinajstić information content (AvgIpc) is 3.02. The first-order chi connectivity index (χ1) is 9.34. The van der Waals surface area contributed by atoms with Crippen LogP contribution in [0.2, 0.25) is 0 Å². The molecule has 0 aliphatic carbocycles. The number of rotatable bonds is 4. The molecule has 0 unspecified atom stereocenters. The minimum atomic E-state index is 0.172. The normalized spacial score (nSPS) is 14.9. The summed E-state index contributed by atoms with van der Waals surface area (Å²) in [5, 5.41) is 11.3. The molecule has 0 saturated carbocycles. The van der Waals surface area contributed by atoms with Gasteiger partial charge < -0.3 is 4.57 Å². The number of carbonyl (C=O) groups is 1. The molecule has 0 N–H and O–H groups in total. The Labute approximate surface area is 120 Å². The molecule has 4 nitrogen and oxygen atoms in total. The van der Waals surface area contributed by atoms with Crippen LogP contribution in [0.5, 0.6) is 0 Å². The van der Waals surface area contributed by atoms with Gasteiger partial charge in [0, 0.05) is 13.0 Å². The molecule has 3 rings (SSSR count). The number of Topliss-reactive ketones (excluding diaryl/α,β-unsaturated/α-hetero) is 1. The minimum absolute atomic E-state index is 0.172. The van der Waals surface area contributed by atoms with Crippen LogP contribution in [0, 0.1) is 0 Å². The third-order valence-corrected chi connectivity index (χ3v) is 5.08. The van der Waals surface area contributed by atoms with Crippen molar-refractivity contribution >= 4 is 28.9 Å². The van der Waals surface area contributed by atoms with E-state index in [0.717, 1.165) is 28.8 Å². The number of hydrogen-bond donors (Lipinski definition) is 0. The van der Waals surface area contributed by atoms with Crippen LogP contribution in [0.25, 0.3) is 0 Å². The number of ketones is 1. The molecule has 2 aromatic rings. The van der Waals surface area contributed by atoms with E-state index in [4.69, 9.17) is 0 Å².